The van der Waals surface area contributed by atoms with Crippen LogP contribution in [0.15, 0.2) is 36.4 Å². The summed E-state index contributed by atoms with van der Waals surface area (Å²) in [6.45, 7) is 8.00. The van der Waals surface area contributed by atoms with Gasteiger partial charge in [-0.2, -0.15) is 0 Å². The van der Waals surface area contributed by atoms with E-state index in [1.807, 2.05) is 38.1 Å². The molecule has 2 aromatic rings. The lowest BCUT2D eigenvalue weighted by atomic mass is 10.1. The molecule has 1 fully saturated rings. The number of benzene rings is 2. The molecule has 1 saturated heterocycles. The first-order valence-corrected chi connectivity index (χ1v) is 14.9. The number of unbranched alkanes of at least 4 members (excludes halogenated alkanes) is 1. The minimum atomic E-state index is -1.03. The second-order valence-electron chi connectivity index (χ2n) is 11.3. The number of rotatable bonds is 18. The molecule has 0 aromatic heterocycles. The average molecular weight is 587 g/mol. The molecule has 0 bridgehead atoms. The number of nitrogens with one attached hydrogen (secondary N) is 3. The minimum Gasteiger partial charge on any atom is -0.490 e. The van der Waals surface area contributed by atoms with Gasteiger partial charge < -0.3 is 35.6 Å². The zero-order chi connectivity index (χ0) is 30.6. The Balaban J connectivity index is 1.43. The highest BCUT2D eigenvalue weighted by Crippen LogP contribution is 2.27. The SMILES string of the molecule is CC(C)NCC(O)COc1cccc2ccc(CNCCCCC(N[C@@H](C)C(=O)N3CCC[C@H]3C(=O)O)C(=O)O)cc12. The number of hydrogen-bond donors (Lipinski definition) is 6. The van der Waals surface area contributed by atoms with E-state index < -0.39 is 36.2 Å². The number of carbonyl (C=O) groups excluding carboxylic acids is 1. The third-order valence-electron chi connectivity index (χ3n) is 7.47. The van der Waals surface area contributed by atoms with Gasteiger partial charge in [-0.05, 0) is 62.2 Å². The van der Waals surface area contributed by atoms with Crippen LogP contribution in [0.4, 0.5) is 0 Å². The predicted molar refractivity (Wildman–Crippen MR) is 161 cm³/mol. The van der Waals surface area contributed by atoms with Gasteiger partial charge in [0, 0.05) is 31.1 Å². The largest absolute Gasteiger partial charge is 0.490 e. The highest BCUT2D eigenvalue weighted by molar-refractivity contribution is 5.89. The van der Waals surface area contributed by atoms with Gasteiger partial charge in [-0.1, -0.05) is 44.5 Å². The standard InChI is InChI=1S/C31H46N4O7/c1-20(2)33-18-24(36)19-42-28-11-6-8-23-13-12-22(16-25(23)28)17-32-14-5-4-9-26(30(38)39)34-21(3)29(37)35-15-7-10-27(35)31(40)41/h6,8,11-13,16,20-21,24,26-27,32-34,36H,4-5,7,9-10,14-15,17-19H2,1-3H3,(H,38,39)(H,40,41)/t21-,24?,26?,27-/m0/s1. The fraction of sp³-hybridized carbons (Fsp3) is 0.581. The van der Waals surface area contributed by atoms with E-state index in [-0.39, 0.29) is 18.6 Å². The van der Waals surface area contributed by atoms with Gasteiger partial charge in [0.15, 0.2) is 0 Å². The molecule has 1 amide bonds. The van der Waals surface area contributed by atoms with Crippen molar-refractivity contribution in [2.45, 2.75) is 89.7 Å². The minimum absolute atomic E-state index is 0.196. The topological polar surface area (TPSA) is 160 Å². The number of aliphatic carboxylic acids is 2. The van der Waals surface area contributed by atoms with Gasteiger partial charge in [0.1, 0.15) is 30.5 Å². The molecule has 11 nitrogen and oxygen atoms in total. The molecule has 42 heavy (non-hydrogen) atoms. The summed E-state index contributed by atoms with van der Waals surface area (Å²) in [5.41, 5.74) is 1.08. The van der Waals surface area contributed by atoms with Gasteiger partial charge in [-0.15, -0.1) is 0 Å². The monoisotopic (exact) mass is 586 g/mol. The molecule has 2 aromatic carbocycles. The summed E-state index contributed by atoms with van der Waals surface area (Å²) in [6, 6.07) is 9.80. The van der Waals surface area contributed by atoms with Crippen LogP contribution in [0.25, 0.3) is 10.8 Å². The highest BCUT2D eigenvalue weighted by Gasteiger charge is 2.36. The van der Waals surface area contributed by atoms with E-state index in [1.165, 1.54) is 4.90 Å². The van der Waals surface area contributed by atoms with Gasteiger partial charge >= 0.3 is 11.9 Å². The van der Waals surface area contributed by atoms with Gasteiger partial charge in [0.25, 0.3) is 0 Å². The Bertz CT molecular complexity index is 1190. The molecule has 232 valence electrons. The van der Waals surface area contributed by atoms with E-state index in [1.54, 1.807) is 6.92 Å². The fourth-order valence-corrected chi connectivity index (χ4v) is 5.16. The molecular formula is C31H46N4O7. The lowest BCUT2D eigenvalue weighted by molar-refractivity contribution is -0.149. The summed E-state index contributed by atoms with van der Waals surface area (Å²) in [6.07, 6.45) is 2.18. The summed E-state index contributed by atoms with van der Waals surface area (Å²) >= 11 is 0. The number of aliphatic hydroxyl groups is 1. The molecule has 4 atom stereocenters. The highest BCUT2D eigenvalue weighted by atomic mass is 16.5. The smallest absolute Gasteiger partial charge is 0.326 e. The van der Waals surface area contributed by atoms with Crippen molar-refractivity contribution in [3.05, 3.63) is 42.0 Å². The maximum absolute atomic E-state index is 12.8. The molecule has 11 heteroatoms. The summed E-state index contributed by atoms with van der Waals surface area (Å²) in [4.78, 5) is 37.3. The molecule has 2 unspecified atom stereocenters. The summed E-state index contributed by atoms with van der Waals surface area (Å²) in [5.74, 6) is -1.72. The van der Waals surface area contributed by atoms with Crippen molar-refractivity contribution in [2.24, 2.45) is 0 Å². The lowest BCUT2D eigenvalue weighted by Gasteiger charge is -2.27. The molecule has 6 N–H and O–H groups in total. The Kier molecular flexibility index (Phi) is 13.0. The van der Waals surface area contributed by atoms with Crippen LogP contribution in [0.2, 0.25) is 0 Å². The first-order chi connectivity index (χ1) is 20.1. The van der Waals surface area contributed by atoms with Crippen LogP contribution in [-0.4, -0.2) is 94.6 Å². The maximum Gasteiger partial charge on any atom is 0.326 e. The number of nitrogens with zero attached hydrogens (tertiary/aromatic N) is 1. The molecule has 0 aliphatic carbocycles. The van der Waals surface area contributed by atoms with E-state index in [0.717, 1.165) is 28.5 Å². The zero-order valence-corrected chi connectivity index (χ0v) is 24.8. The normalized spacial score (nSPS) is 17.4. The number of hydrogen-bond acceptors (Lipinski definition) is 8. The van der Waals surface area contributed by atoms with Gasteiger partial charge in [-0.25, -0.2) is 4.79 Å². The second kappa shape index (κ2) is 16.4. The Morgan fingerprint density at radius 3 is 2.60 bits per heavy atom. The van der Waals surface area contributed by atoms with Crippen LogP contribution in [-0.2, 0) is 20.9 Å². The molecule has 3 rings (SSSR count). The van der Waals surface area contributed by atoms with Crippen LogP contribution in [0.5, 0.6) is 5.75 Å². The quantitative estimate of drug-likeness (QED) is 0.143. The number of amides is 1. The molecule has 1 heterocycles. The molecular weight excluding hydrogens is 540 g/mol. The van der Waals surface area contributed by atoms with E-state index in [2.05, 4.69) is 28.1 Å². The third-order valence-corrected chi connectivity index (χ3v) is 7.47. The van der Waals surface area contributed by atoms with Crippen molar-refractivity contribution in [3.63, 3.8) is 0 Å². The number of carboxylic acid groups (broad SMARTS) is 2. The average Bonchev–Trinajstić information content (AvgIpc) is 3.46. The van der Waals surface area contributed by atoms with E-state index >= 15 is 0 Å². The van der Waals surface area contributed by atoms with E-state index in [0.29, 0.717) is 51.9 Å². The van der Waals surface area contributed by atoms with Crippen LogP contribution >= 0.6 is 0 Å². The molecule has 0 saturated carbocycles. The Morgan fingerprint density at radius 1 is 1.10 bits per heavy atom. The number of carboxylic acids is 2. The van der Waals surface area contributed by atoms with Gasteiger partial charge in [0.05, 0.1) is 6.04 Å². The maximum atomic E-state index is 12.8. The first kappa shape index (κ1) is 33.3. The number of ether oxygens (including phenoxy) is 1. The van der Waals surface area contributed by atoms with Crippen molar-refractivity contribution in [3.8, 4) is 5.75 Å². The van der Waals surface area contributed by atoms with E-state index in [4.69, 9.17) is 4.74 Å². The Hall–Kier alpha value is -3.25. The van der Waals surface area contributed by atoms with Crippen molar-refractivity contribution in [1.29, 1.82) is 0 Å². The van der Waals surface area contributed by atoms with Gasteiger partial charge in [0.2, 0.25) is 5.91 Å². The Labute approximate surface area is 247 Å². The Morgan fingerprint density at radius 2 is 1.88 bits per heavy atom. The lowest BCUT2D eigenvalue weighted by Crippen LogP contribution is -2.53. The van der Waals surface area contributed by atoms with Crippen molar-refractivity contribution in [1.82, 2.24) is 20.9 Å². The summed E-state index contributed by atoms with van der Waals surface area (Å²) in [5, 5.41) is 40.7. The summed E-state index contributed by atoms with van der Waals surface area (Å²) < 4.78 is 5.94. The first-order valence-electron chi connectivity index (χ1n) is 14.9. The van der Waals surface area contributed by atoms with Crippen LogP contribution in [0.1, 0.15) is 58.4 Å². The number of fused-ring (bicyclic) bond motifs is 1. The molecule has 0 radical (unpaired) electrons. The van der Waals surface area contributed by atoms with Crippen molar-refractivity contribution < 1.29 is 34.4 Å². The third kappa shape index (κ3) is 9.94. The van der Waals surface area contributed by atoms with Crippen molar-refractivity contribution in [2.75, 3.05) is 26.2 Å². The van der Waals surface area contributed by atoms with Gasteiger partial charge in [-0.3, -0.25) is 14.9 Å². The van der Waals surface area contributed by atoms with Crippen LogP contribution < -0.4 is 20.7 Å². The molecule has 1 aliphatic heterocycles. The number of carbonyl (C=O) groups is 3. The van der Waals surface area contributed by atoms with E-state index in [9.17, 15) is 29.7 Å². The predicted octanol–water partition coefficient (Wildman–Crippen LogP) is 2.34. The van der Waals surface area contributed by atoms with Crippen molar-refractivity contribution >= 4 is 28.6 Å². The molecule has 0 spiro atoms. The number of likely N-dealkylation sites (tertiary alicyclic amines) is 1. The fourth-order valence-electron chi connectivity index (χ4n) is 5.16. The number of aliphatic hydroxyl groups excluding tert-OH is 1. The molecule has 1 aliphatic rings. The zero-order valence-electron chi connectivity index (χ0n) is 24.8. The second-order valence-corrected chi connectivity index (χ2v) is 11.3. The van der Waals surface area contributed by atoms with Crippen LogP contribution in [0, 0.1) is 0 Å². The summed E-state index contributed by atoms with van der Waals surface area (Å²) in [7, 11) is 0. The van der Waals surface area contributed by atoms with Crippen LogP contribution in [0.3, 0.4) is 0 Å².